The second-order valence-electron chi connectivity index (χ2n) is 4.81. The molecule has 0 saturated heterocycles. The quantitative estimate of drug-likeness (QED) is 0.667. The van der Waals surface area contributed by atoms with Crippen LogP contribution in [0.25, 0.3) is 0 Å². The molecule has 0 saturated carbocycles. The Morgan fingerprint density at radius 2 is 1.67 bits per heavy atom. The molecule has 0 heterocycles. The Hall–Kier alpha value is -1.18. The molecule has 1 aromatic carbocycles. The Morgan fingerprint density at radius 1 is 1.00 bits per heavy atom. The molecule has 0 aliphatic carbocycles. The van der Waals surface area contributed by atoms with Crippen LogP contribution in [-0.4, -0.2) is 12.7 Å². The molecule has 0 N–H and O–H groups in total. The van der Waals surface area contributed by atoms with Crippen LogP contribution >= 0.6 is 0 Å². The summed E-state index contributed by atoms with van der Waals surface area (Å²) in [6.07, 6.45) is 3.59. The molecular formula is C16H26O2. The highest BCUT2D eigenvalue weighted by Gasteiger charge is 2.06. The number of rotatable bonds is 8. The molecule has 0 unspecified atom stereocenters. The fourth-order valence-electron chi connectivity index (χ4n) is 1.69. The van der Waals surface area contributed by atoms with E-state index in [9.17, 15) is 0 Å². The third-order valence-corrected chi connectivity index (χ3v) is 3.36. The largest absolute Gasteiger partial charge is 0.493 e. The summed E-state index contributed by atoms with van der Waals surface area (Å²) < 4.78 is 11.6. The van der Waals surface area contributed by atoms with E-state index in [1.165, 1.54) is 12.8 Å². The number of benzene rings is 1. The minimum absolute atomic E-state index is 0.249. The van der Waals surface area contributed by atoms with E-state index in [4.69, 9.17) is 9.47 Å². The third-order valence-electron chi connectivity index (χ3n) is 3.36. The van der Waals surface area contributed by atoms with Crippen LogP contribution in [0.3, 0.4) is 0 Å². The first-order valence-corrected chi connectivity index (χ1v) is 7.09. The summed E-state index contributed by atoms with van der Waals surface area (Å²) in [5, 5.41) is 0. The van der Waals surface area contributed by atoms with Gasteiger partial charge in [-0.25, -0.2) is 0 Å². The van der Waals surface area contributed by atoms with Crippen LogP contribution in [-0.2, 0) is 0 Å². The fourth-order valence-corrected chi connectivity index (χ4v) is 1.69. The van der Waals surface area contributed by atoms with Crippen molar-refractivity contribution in [2.24, 2.45) is 5.92 Å². The van der Waals surface area contributed by atoms with Gasteiger partial charge in [0.15, 0.2) is 0 Å². The van der Waals surface area contributed by atoms with Gasteiger partial charge in [-0.3, -0.25) is 0 Å². The zero-order chi connectivity index (χ0) is 13.4. The van der Waals surface area contributed by atoms with E-state index in [0.29, 0.717) is 5.92 Å². The van der Waals surface area contributed by atoms with E-state index in [2.05, 4.69) is 27.7 Å². The van der Waals surface area contributed by atoms with Gasteiger partial charge in [-0.2, -0.15) is 0 Å². The van der Waals surface area contributed by atoms with E-state index in [0.717, 1.165) is 24.5 Å². The maximum atomic E-state index is 5.83. The van der Waals surface area contributed by atoms with E-state index in [-0.39, 0.29) is 6.10 Å². The summed E-state index contributed by atoms with van der Waals surface area (Å²) >= 11 is 0. The van der Waals surface area contributed by atoms with E-state index in [1.807, 2.05) is 24.3 Å². The van der Waals surface area contributed by atoms with Crippen LogP contribution in [0, 0.1) is 5.92 Å². The minimum atomic E-state index is 0.249. The molecule has 0 fully saturated rings. The maximum Gasteiger partial charge on any atom is 0.123 e. The molecule has 0 aliphatic rings. The summed E-state index contributed by atoms with van der Waals surface area (Å²) in [5.74, 6) is 2.44. The lowest BCUT2D eigenvalue weighted by Gasteiger charge is -2.16. The molecule has 0 bridgehead atoms. The monoisotopic (exact) mass is 250 g/mol. The predicted molar refractivity (Wildman–Crippen MR) is 76.4 cm³/mol. The lowest BCUT2D eigenvalue weighted by Crippen LogP contribution is -2.11. The molecule has 0 radical (unpaired) electrons. The first-order valence-electron chi connectivity index (χ1n) is 7.09. The highest BCUT2D eigenvalue weighted by atomic mass is 16.5. The van der Waals surface area contributed by atoms with Gasteiger partial charge >= 0.3 is 0 Å². The van der Waals surface area contributed by atoms with Crippen molar-refractivity contribution in [2.45, 2.75) is 53.1 Å². The Bertz CT molecular complexity index is 332. The van der Waals surface area contributed by atoms with Gasteiger partial charge in [-0.15, -0.1) is 0 Å². The Morgan fingerprint density at radius 3 is 2.28 bits per heavy atom. The van der Waals surface area contributed by atoms with Crippen LogP contribution in [0.1, 0.15) is 47.0 Å². The van der Waals surface area contributed by atoms with E-state index in [1.54, 1.807) is 0 Å². The van der Waals surface area contributed by atoms with Crippen molar-refractivity contribution in [3.63, 3.8) is 0 Å². The molecule has 0 aromatic heterocycles. The van der Waals surface area contributed by atoms with Gasteiger partial charge in [-0.1, -0.05) is 39.7 Å². The van der Waals surface area contributed by atoms with Gasteiger partial charge in [0.05, 0.1) is 12.7 Å². The zero-order valence-electron chi connectivity index (χ0n) is 12.1. The first-order chi connectivity index (χ1) is 8.69. The molecule has 18 heavy (non-hydrogen) atoms. The zero-order valence-corrected chi connectivity index (χ0v) is 12.1. The second-order valence-corrected chi connectivity index (χ2v) is 4.81. The van der Waals surface area contributed by atoms with E-state index >= 15 is 0 Å². The van der Waals surface area contributed by atoms with Crippen molar-refractivity contribution in [3.8, 4) is 11.5 Å². The van der Waals surface area contributed by atoms with Crippen molar-refractivity contribution < 1.29 is 9.47 Å². The molecular weight excluding hydrogens is 224 g/mol. The SMILES string of the molecule is CCC(CC)COc1cccc(O[C@@H](C)CC)c1. The molecule has 1 atom stereocenters. The van der Waals surface area contributed by atoms with Gasteiger partial charge in [0.2, 0.25) is 0 Å². The van der Waals surface area contributed by atoms with Gasteiger partial charge in [0, 0.05) is 6.07 Å². The highest BCUT2D eigenvalue weighted by molar-refractivity contribution is 5.33. The minimum Gasteiger partial charge on any atom is -0.493 e. The van der Waals surface area contributed by atoms with Crippen molar-refractivity contribution in [2.75, 3.05) is 6.61 Å². The Kier molecular flexibility index (Phi) is 6.63. The van der Waals surface area contributed by atoms with Gasteiger partial charge in [-0.05, 0) is 31.4 Å². The first kappa shape index (κ1) is 14.9. The van der Waals surface area contributed by atoms with Gasteiger partial charge in [0.1, 0.15) is 11.5 Å². The fraction of sp³-hybridized carbons (Fsp3) is 0.625. The topological polar surface area (TPSA) is 18.5 Å². The average Bonchev–Trinajstić information content (AvgIpc) is 2.40. The van der Waals surface area contributed by atoms with Crippen molar-refractivity contribution in [1.29, 1.82) is 0 Å². The number of hydrogen-bond donors (Lipinski definition) is 0. The number of hydrogen-bond acceptors (Lipinski definition) is 2. The van der Waals surface area contributed by atoms with Crippen LogP contribution in [0.5, 0.6) is 11.5 Å². The Balaban J connectivity index is 2.53. The smallest absolute Gasteiger partial charge is 0.123 e. The lowest BCUT2D eigenvalue weighted by atomic mass is 10.1. The highest BCUT2D eigenvalue weighted by Crippen LogP contribution is 2.22. The maximum absolute atomic E-state index is 5.83. The molecule has 2 heteroatoms. The Labute approximate surface area is 111 Å². The summed E-state index contributed by atoms with van der Waals surface area (Å²) in [6.45, 7) is 9.41. The molecule has 0 amide bonds. The van der Waals surface area contributed by atoms with Crippen LogP contribution in [0.4, 0.5) is 0 Å². The summed E-state index contributed by atoms with van der Waals surface area (Å²) in [6, 6.07) is 7.94. The van der Waals surface area contributed by atoms with Crippen molar-refractivity contribution in [1.82, 2.24) is 0 Å². The summed E-state index contributed by atoms with van der Waals surface area (Å²) in [5.41, 5.74) is 0. The summed E-state index contributed by atoms with van der Waals surface area (Å²) in [7, 11) is 0. The van der Waals surface area contributed by atoms with Crippen molar-refractivity contribution >= 4 is 0 Å². The lowest BCUT2D eigenvalue weighted by molar-refractivity contribution is 0.212. The van der Waals surface area contributed by atoms with Gasteiger partial charge < -0.3 is 9.47 Å². The third kappa shape index (κ3) is 4.99. The predicted octanol–water partition coefficient (Wildman–Crippen LogP) is 4.68. The van der Waals surface area contributed by atoms with Crippen molar-refractivity contribution in [3.05, 3.63) is 24.3 Å². The standard InChI is InChI=1S/C16H26O2/c1-5-13(4)18-16-10-8-9-15(11-16)17-12-14(6-2)7-3/h8-11,13-14H,5-7,12H2,1-4H3/t13-/m0/s1. The normalized spacial score (nSPS) is 12.5. The number of ether oxygens (including phenoxy) is 2. The van der Waals surface area contributed by atoms with Gasteiger partial charge in [0.25, 0.3) is 0 Å². The average molecular weight is 250 g/mol. The molecule has 1 aromatic rings. The molecule has 102 valence electrons. The van der Waals surface area contributed by atoms with Crippen LogP contribution < -0.4 is 9.47 Å². The van der Waals surface area contributed by atoms with Crippen LogP contribution in [0.2, 0.25) is 0 Å². The summed E-state index contributed by atoms with van der Waals surface area (Å²) in [4.78, 5) is 0. The molecule has 2 nitrogen and oxygen atoms in total. The van der Waals surface area contributed by atoms with E-state index < -0.39 is 0 Å². The second kappa shape index (κ2) is 8.02. The molecule has 0 spiro atoms. The molecule has 0 aliphatic heterocycles. The van der Waals surface area contributed by atoms with Crippen LogP contribution in [0.15, 0.2) is 24.3 Å². The molecule has 1 rings (SSSR count).